The highest BCUT2D eigenvalue weighted by molar-refractivity contribution is 5.94. The smallest absolute Gasteiger partial charge is 0.269 e. The number of para-hydroxylation sites is 2. The fraction of sp³-hybridized carbons (Fsp3) is 0.316. The third-order valence-electron chi connectivity index (χ3n) is 3.69. The number of fused-ring (bicyclic) bond motifs is 1. The van der Waals surface area contributed by atoms with Crippen molar-refractivity contribution in [2.45, 2.75) is 25.9 Å². The van der Waals surface area contributed by atoms with Crippen LogP contribution in [-0.2, 0) is 4.79 Å². The molecule has 0 saturated heterocycles. The van der Waals surface area contributed by atoms with Crippen molar-refractivity contribution >= 4 is 11.6 Å². The van der Waals surface area contributed by atoms with E-state index in [1.165, 1.54) is 0 Å². The van der Waals surface area contributed by atoms with E-state index in [0.717, 1.165) is 18.6 Å². The molecule has 5 heteroatoms. The van der Waals surface area contributed by atoms with Gasteiger partial charge in [-0.2, -0.15) is 0 Å². The van der Waals surface area contributed by atoms with E-state index in [9.17, 15) is 4.79 Å². The minimum atomic E-state index is -0.666. The maximum atomic E-state index is 12.3. The lowest BCUT2D eigenvalue weighted by Gasteiger charge is -2.25. The molecular weight excluding hydrogens is 306 g/mol. The maximum Gasteiger partial charge on any atom is 0.269 e. The molecule has 2 aromatic carbocycles. The van der Waals surface area contributed by atoms with Gasteiger partial charge in [-0.25, -0.2) is 0 Å². The van der Waals surface area contributed by atoms with E-state index in [1.807, 2.05) is 42.5 Å². The standard InChI is InChI=1S/C19H21NO4/c1-2-3-12-22-15-10-8-14(9-11-15)20-19(21)18-13-23-16-6-4-5-7-17(16)24-18/h4-11,18H,2-3,12-13H2,1H3,(H,20,21)/t18-/m0/s1. The predicted octanol–water partition coefficient (Wildman–Crippen LogP) is 3.64. The summed E-state index contributed by atoms with van der Waals surface area (Å²) in [5.74, 6) is 1.82. The van der Waals surface area contributed by atoms with Crippen molar-refractivity contribution in [3.63, 3.8) is 0 Å². The lowest BCUT2D eigenvalue weighted by molar-refractivity contribution is -0.125. The highest BCUT2D eigenvalue weighted by atomic mass is 16.6. The van der Waals surface area contributed by atoms with Gasteiger partial charge in [-0.15, -0.1) is 0 Å². The van der Waals surface area contributed by atoms with Gasteiger partial charge in [-0.05, 0) is 42.8 Å². The Morgan fingerprint density at radius 2 is 1.92 bits per heavy atom. The molecule has 0 aliphatic carbocycles. The maximum absolute atomic E-state index is 12.3. The Labute approximate surface area is 141 Å². The zero-order valence-electron chi connectivity index (χ0n) is 13.7. The Bertz CT molecular complexity index is 684. The highest BCUT2D eigenvalue weighted by Crippen LogP contribution is 2.31. The fourth-order valence-electron chi connectivity index (χ4n) is 2.34. The largest absolute Gasteiger partial charge is 0.494 e. The Hall–Kier alpha value is -2.69. The minimum Gasteiger partial charge on any atom is -0.494 e. The Morgan fingerprint density at radius 3 is 2.67 bits per heavy atom. The molecule has 1 aliphatic heterocycles. The number of hydrogen-bond donors (Lipinski definition) is 1. The van der Waals surface area contributed by atoms with Crippen LogP contribution >= 0.6 is 0 Å². The third-order valence-corrected chi connectivity index (χ3v) is 3.69. The summed E-state index contributed by atoms with van der Waals surface area (Å²) >= 11 is 0. The molecule has 1 atom stereocenters. The van der Waals surface area contributed by atoms with Crippen LogP contribution in [0.15, 0.2) is 48.5 Å². The average Bonchev–Trinajstić information content (AvgIpc) is 2.63. The summed E-state index contributed by atoms with van der Waals surface area (Å²) in [5.41, 5.74) is 0.699. The van der Waals surface area contributed by atoms with Crippen molar-refractivity contribution in [1.82, 2.24) is 0 Å². The number of ether oxygens (including phenoxy) is 3. The van der Waals surface area contributed by atoms with Crippen LogP contribution in [0.2, 0.25) is 0 Å². The van der Waals surface area contributed by atoms with E-state index in [0.29, 0.717) is 23.8 Å². The molecule has 2 aromatic rings. The number of amides is 1. The molecule has 0 spiro atoms. The van der Waals surface area contributed by atoms with Gasteiger partial charge in [0.05, 0.1) is 6.61 Å². The van der Waals surface area contributed by atoms with Crippen molar-refractivity contribution in [3.8, 4) is 17.2 Å². The van der Waals surface area contributed by atoms with Crippen molar-refractivity contribution in [2.24, 2.45) is 0 Å². The SMILES string of the molecule is CCCCOc1ccc(NC(=O)[C@@H]2COc3ccccc3O2)cc1. The van der Waals surface area contributed by atoms with E-state index in [2.05, 4.69) is 12.2 Å². The molecule has 1 amide bonds. The zero-order chi connectivity index (χ0) is 16.8. The van der Waals surface area contributed by atoms with Gasteiger partial charge in [0.2, 0.25) is 6.10 Å². The first-order valence-electron chi connectivity index (χ1n) is 8.18. The fourth-order valence-corrected chi connectivity index (χ4v) is 2.34. The van der Waals surface area contributed by atoms with Crippen LogP contribution in [-0.4, -0.2) is 25.2 Å². The molecule has 0 aromatic heterocycles. The zero-order valence-corrected chi connectivity index (χ0v) is 13.7. The molecule has 0 saturated carbocycles. The molecule has 1 aliphatic rings. The van der Waals surface area contributed by atoms with E-state index in [4.69, 9.17) is 14.2 Å². The highest BCUT2D eigenvalue weighted by Gasteiger charge is 2.27. The molecule has 5 nitrogen and oxygen atoms in total. The van der Waals surface area contributed by atoms with Crippen LogP contribution < -0.4 is 19.5 Å². The monoisotopic (exact) mass is 327 g/mol. The molecule has 0 bridgehead atoms. The molecule has 0 unspecified atom stereocenters. The van der Waals surface area contributed by atoms with Crippen molar-refractivity contribution < 1.29 is 19.0 Å². The van der Waals surface area contributed by atoms with Crippen molar-refractivity contribution in [2.75, 3.05) is 18.5 Å². The van der Waals surface area contributed by atoms with Gasteiger partial charge in [-0.3, -0.25) is 4.79 Å². The molecule has 1 heterocycles. The quantitative estimate of drug-likeness (QED) is 0.823. The number of nitrogens with one attached hydrogen (secondary N) is 1. The average molecular weight is 327 g/mol. The van der Waals surface area contributed by atoms with Gasteiger partial charge in [0.1, 0.15) is 12.4 Å². The van der Waals surface area contributed by atoms with E-state index in [1.54, 1.807) is 6.07 Å². The molecule has 126 valence electrons. The molecular formula is C19H21NO4. The molecule has 24 heavy (non-hydrogen) atoms. The number of carbonyl (C=O) groups is 1. The van der Waals surface area contributed by atoms with Gasteiger partial charge in [0.15, 0.2) is 11.5 Å². The second-order valence-electron chi connectivity index (χ2n) is 5.58. The lowest BCUT2D eigenvalue weighted by Crippen LogP contribution is -2.40. The van der Waals surface area contributed by atoms with Crippen LogP contribution in [0.4, 0.5) is 5.69 Å². The Morgan fingerprint density at radius 1 is 1.17 bits per heavy atom. The molecule has 0 fully saturated rings. The summed E-state index contributed by atoms with van der Waals surface area (Å²) < 4.78 is 16.9. The number of rotatable bonds is 6. The van der Waals surface area contributed by atoms with Crippen LogP contribution in [0.25, 0.3) is 0 Å². The summed E-state index contributed by atoms with van der Waals surface area (Å²) in [7, 11) is 0. The van der Waals surface area contributed by atoms with Crippen LogP contribution in [0, 0.1) is 0 Å². The van der Waals surface area contributed by atoms with Gasteiger partial charge < -0.3 is 19.5 Å². The summed E-state index contributed by atoms with van der Waals surface area (Å²) in [5, 5.41) is 2.84. The third kappa shape index (κ3) is 3.98. The summed E-state index contributed by atoms with van der Waals surface area (Å²) in [6.07, 6.45) is 1.46. The normalized spacial score (nSPS) is 15.6. The van der Waals surface area contributed by atoms with E-state index in [-0.39, 0.29) is 12.5 Å². The van der Waals surface area contributed by atoms with Gasteiger partial charge in [0.25, 0.3) is 5.91 Å². The van der Waals surface area contributed by atoms with Crippen LogP contribution in [0.5, 0.6) is 17.2 Å². The number of hydrogen-bond acceptors (Lipinski definition) is 4. The topological polar surface area (TPSA) is 56.8 Å². The first kappa shape index (κ1) is 16.2. The Balaban J connectivity index is 1.55. The number of anilines is 1. The Kier molecular flexibility index (Phi) is 5.21. The number of benzene rings is 2. The van der Waals surface area contributed by atoms with Crippen LogP contribution in [0.1, 0.15) is 19.8 Å². The van der Waals surface area contributed by atoms with Gasteiger partial charge >= 0.3 is 0 Å². The first-order chi connectivity index (χ1) is 11.8. The molecule has 0 radical (unpaired) electrons. The van der Waals surface area contributed by atoms with E-state index >= 15 is 0 Å². The van der Waals surface area contributed by atoms with Crippen molar-refractivity contribution in [3.05, 3.63) is 48.5 Å². The number of unbranched alkanes of at least 4 members (excludes halogenated alkanes) is 1. The van der Waals surface area contributed by atoms with E-state index < -0.39 is 6.10 Å². The summed E-state index contributed by atoms with van der Waals surface area (Å²) in [6.45, 7) is 3.02. The van der Waals surface area contributed by atoms with Crippen molar-refractivity contribution in [1.29, 1.82) is 0 Å². The molecule has 3 rings (SSSR count). The van der Waals surface area contributed by atoms with Gasteiger partial charge in [0, 0.05) is 5.69 Å². The van der Waals surface area contributed by atoms with Gasteiger partial charge in [-0.1, -0.05) is 25.5 Å². The first-order valence-corrected chi connectivity index (χ1v) is 8.18. The second-order valence-corrected chi connectivity index (χ2v) is 5.58. The number of carbonyl (C=O) groups excluding carboxylic acids is 1. The minimum absolute atomic E-state index is 0.195. The second kappa shape index (κ2) is 7.73. The molecule has 1 N–H and O–H groups in total. The lowest BCUT2D eigenvalue weighted by atomic mass is 10.2. The summed E-state index contributed by atoms with van der Waals surface area (Å²) in [6, 6.07) is 14.6. The summed E-state index contributed by atoms with van der Waals surface area (Å²) in [4.78, 5) is 12.3. The predicted molar refractivity (Wildman–Crippen MR) is 91.8 cm³/mol. The van der Waals surface area contributed by atoms with Crippen LogP contribution in [0.3, 0.4) is 0 Å².